The first-order valence-electron chi connectivity index (χ1n) is 8.76. The number of carbonyl (C=O) groups is 1. The van der Waals surface area contributed by atoms with Crippen LogP contribution in [-0.2, 0) is 4.79 Å². The van der Waals surface area contributed by atoms with Gasteiger partial charge in [-0.25, -0.2) is 0 Å². The van der Waals surface area contributed by atoms with E-state index in [0.717, 1.165) is 36.1 Å². The van der Waals surface area contributed by atoms with Crippen molar-refractivity contribution in [2.24, 2.45) is 0 Å². The lowest BCUT2D eigenvalue weighted by atomic mass is 10.2. The Morgan fingerprint density at radius 1 is 1.36 bits per heavy atom. The van der Waals surface area contributed by atoms with E-state index in [1.165, 1.54) is 4.88 Å². The number of benzene rings is 1. The number of carbonyl (C=O) groups excluding carboxylic acids is 1. The van der Waals surface area contributed by atoms with Gasteiger partial charge in [-0.05, 0) is 49.9 Å². The van der Waals surface area contributed by atoms with Gasteiger partial charge in [-0.3, -0.25) is 9.69 Å². The molecule has 0 spiro atoms. The monoisotopic (exact) mass is 354 g/mol. The van der Waals surface area contributed by atoms with Crippen LogP contribution in [0.5, 0.6) is 0 Å². The van der Waals surface area contributed by atoms with Gasteiger partial charge in [-0.15, -0.1) is 11.3 Å². The number of likely N-dealkylation sites (tertiary alicyclic amines) is 1. The molecule has 3 aromatic rings. The zero-order chi connectivity index (χ0) is 17.2. The number of para-hydroxylation sites is 1. The molecular weight excluding hydrogens is 332 g/mol. The Kier molecular flexibility index (Phi) is 4.59. The normalized spacial score (nSPS) is 19.3. The van der Waals surface area contributed by atoms with Crippen LogP contribution in [0.15, 0.2) is 52.3 Å². The van der Waals surface area contributed by atoms with Crippen LogP contribution in [0.3, 0.4) is 0 Å². The number of furan rings is 1. The number of nitrogens with zero attached hydrogens (tertiary/aromatic N) is 1. The average Bonchev–Trinajstić information content (AvgIpc) is 3.34. The van der Waals surface area contributed by atoms with E-state index < -0.39 is 0 Å². The quantitative estimate of drug-likeness (QED) is 0.733. The summed E-state index contributed by atoms with van der Waals surface area (Å²) < 4.78 is 5.85. The molecule has 0 saturated carbocycles. The first kappa shape index (κ1) is 16.4. The van der Waals surface area contributed by atoms with E-state index in [0.29, 0.717) is 12.6 Å². The second-order valence-corrected chi connectivity index (χ2v) is 7.60. The molecular formula is C20H22N2O2S. The van der Waals surface area contributed by atoms with Gasteiger partial charge < -0.3 is 9.73 Å². The van der Waals surface area contributed by atoms with Crippen molar-refractivity contribution in [3.8, 4) is 0 Å². The summed E-state index contributed by atoms with van der Waals surface area (Å²) in [5.74, 6) is 0.849. The number of nitrogens with one attached hydrogen (secondary N) is 1. The summed E-state index contributed by atoms with van der Waals surface area (Å²) in [6, 6.07) is 14.4. The van der Waals surface area contributed by atoms with Gasteiger partial charge in [0.1, 0.15) is 11.3 Å². The molecule has 1 saturated heterocycles. The predicted molar refractivity (Wildman–Crippen MR) is 101 cm³/mol. The van der Waals surface area contributed by atoms with Crippen molar-refractivity contribution in [3.63, 3.8) is 0 Å². The first-order chi connectivity index (χ1) is 12.2. The summed E-state index contributed by atoms with van der Waals surface area (Å²) in [6.07, 6.45) is 2.28. The highest BCUT2D eigenvalue weighted by atomic mass is 32.1. The summed E-state index contributed by atoms with van der Waals surface area (Å²) in [5.41, 5.74) is 0.857. The highest BCUT2D eigenvalue weighted by Gasteiger charge is 2.28. The third kappa shape index (κ3) is 3.48. The van der Waals surface area contributed by atoms with E-state index in [2.05, 4.69) is 27.7 Å². The molecule has 1 N–H and O–H groups in total. The highest BCUT2D eigenvalue weighted by molar-refractivity contribution is 7.10. The maximum atomic E-state index is 12.5. The molecule has 0 radical (unpaired) electrons. The van der Waals surface area contributed by atoms with Crippen LogP contribution < -0.4 is 5.32 Å². The highest BCUT2D eigenvalue weighted by Crippen LogP contribution is 2.34. The molecule has 0 aliphatic carbocycles. The van der Waals surface area contributed by atoms with E-state index >= 15 is 0 Å². The Morgan fingerprint density at radius 3 is 3.04 bits per heavy atom. The number of rotatable bonds is 5. The van der Waals surface area contributed by atoms with E-state index in [1.807, 2.05) is 37.3 Å². The van der Waals surface area contributed by atoms with Gasteiger partial charge in [0.25, 0.3) is 0 Å². The predicted octanol–water partition coefficient (Wildman–Crippen LogP) is 4.51. The van der Waals surface area contributed by atoms with Gasteiger partial charge in [0.2, 0.25) is 5.91 Å². The second-order valence-electron chi connectivity index (χ2n) is 6.62. The zero-order valence-electron chi connectivity index (χ0n) is 14.3. The molecule has 1 aromatic carbocycles. The fourth-order valence-electron chi connectivity index (χ4n) is 3.58. The molecule has 3 heterocycles. The summed E-state index contributed by atoms with van der Waals surface area (Å²) >= 11 is 1.78. The third-order valence-corrected chi connectivity index (χ3v) is 5.80. The van der Waals surface area contributed by atoms with Gasteiger partial charge in [0.15, 0.2) is 0 Å². The van der Waals surface area contributed by atoms with Crippen LogP contribution in [0.4, 0.5) is 0 Å². The van der Waals surface area contributed by atoms with Crippen LogP contribution >= 0.6 is 11.3 Å². The number of hydrogen-bond acceptors (Lipinski definition) is 4. The van der Waals surface area contributed by atoms with Crippen LogP contribution in [0.25, 0.3) is 11.0 Å². The molecule has 1 fully saturated rings. The Bertz CT molecular complexity index is 823. The molecule has 0 bridgehead atoms. The zero-order valence-corrected chi connectivity index (χ0v) is 15.1. The van der Waals surface area contributed by atoms with Crippen molar-refractivity contribution in [3.05, 3.63) is 58.5 Å². The van der Waals surface area contributed by atoms with Gasteiger partial charge in [0.05, 0.1) is 12.6 Å². The molecule has 0 unspecified atom stereocenters. The minimum atomic E-state index is -0.136. The summed E-state index contributed by atoms with van der Waals surface area (Å²) in [4.78, 5) is 16.2. The maximum absolute atomic E-state index is 12.5. The van der Waals surface area contributed by atoms with Gasteiger partial charge in [0, 0.05) is 16.3 Å². The fraction of sp³-hybridized carbons (Fsp3) is 0.350. The first-order valence-corrected chi connectivity index (χ1v) is 9.64. The van der Waals surface area contributed by atoms with E-state index in [4.69, 9.17) is 4.42 Å². The Labute approximate surface area is 151 Å². The Morgan fingerprint density at radius 2 is 2.24 bits per heavy atom. The molecule has 1 amide bonds. The van der Waals surface area contributed by atoms with E-state index in [9.17, 15) is 4.79 Å². The topological polar surface area (TPSA) is 45.5 Å². The molecule has 2 aromatic heterocycles. The standard InChI is InChI=1S/C20H22N2O2S/c1-14(18-12-15-6-2-3-8-17(15)24-18)21-20(23)13-22-10-4-7-16(22)19-9-5-11-25-19/h2-3,5-6,8-9,11-12,14,16H,4,7,10,13H2,1H3,(H,21,23)/t14-,16-/m1/s1. The average molecular weight is 354 g/mol. The molecule has 1 aliphatic rings. The van der Waals surface area contributed by atoms with Gasteiger partial charge in [-0.2, -0.15) is 0 Å². The molecule has 1 aliphatic heterocycles. The van der Waals surface area contributed by atoms with Gasteiger partial charge >= 0.3 is 0 Å². The van der Waals surface area contributed by atoms with E-state index in [1.54, 1.807) is 11.3 Å². The minimum Gasteiger partial charge on any atom is -0.459 e. The summed E-state index contributed by atoms with van der Waals surface area (Å²) in [7, 11) is 0. The Hall–Kier alpha value is -2.11. The van der Waals surface area contributed by atoms with Crippen molar-refractivity contribution in [2.45, 2.75) is 31.8 Å². The SMILES string of the molecule is C[C@@H](NC(=O)CN1CCC[C@@H]1c1cccs1)c1cc2ccccc2o1. The molecule has 130 valence electrons. The number of thiophene rings is 1. The molecule has 4 nitrogen and oxygen atoms in total. The van der Waals surface area contributed by atoms with Crippen LogP contribution in [-0.4, -0.2) is 23.9 Å². The lowest BCUT2D eigenvalue weighted by molar-refractivity contribution is -0.123. The summed E-state index contributed by atoms with van der Waals surface area (Å²) in [5, 5.41) is 6.25. The maximum Gasteiger partial charge on any atom is 0.234 e. The van der Waals surface area contributed by atoms with Crippen molar-refractivity contribution >= 4 is 28.2 Å². The third-order valence-electron chi connectivity index (χ3n) is 4.83. The number of amides is 1. The van der Waals surface area contributed by atoms with Crippen molar-refractivity contribution in [2.75, 3.05) is 13.1 Å². The lowest BCUT2D eigenvalue weighted by Crippen LogP contribution is -2.37. The lowest BCUT2D eigenvalue weighted by Gasteiger charge is -2.23. The largest absolute Gasteiger partial charge is 0.459 e. The van der Waals surface area contributed by atoms with E-state index in [-0.39, 0.29) is 11.9 Å². The smallest absolute Gasteiger partial charge is 0.234 e. The van der Waals surface area contributed by atoms with Crippen molar-refractivity contribution in [1.29, 1.82) is 0 Å². The minimum absolute atomic E-state index is 0.0522. The number of hydrogen-bond donors (Lipinski definition) is 1. The molecule has 4 rings (SSSR count). The Balaban J connectivity index is 1.39. The van der Waals surface area contributed by atoms with Crippen molar-refractivity contribution in [1.82, 2.24) is 10.2 Å². The second kappa shape index (κ2) is 7.02. The molecule has 2 atom stereocenters. The molecule has 25 heavy (non-hydrogen) atoms. The number of fused-ring (bicyclic) bond motifs is 1. The van der Waals surface area contributed by atoms with Crippen molar-refractivity contribution < 1.29 is 9.21 Å². The van der Waals surface area contributed by atoms with Crippen LogP contribution in [0, 0.1) is 0 Å². The van der Waals surface area contributed by atoms with Crippen LogP contribution in [0.1, 0.15) is 42.5 Å². The van der Waals surface area contributed by atoms with Crippen LogP contribution in [0.2, 0.25) is 0 Å². The summed E-state index contributed by atoms with van der Waals surface area (Å²) in [6.45, 7) is 3.39. The molecule has 5 heteroatoms. The van der Waals surface area contributed by atoms with Gasteiger partial charge in [-0.1, -0.05) is 24.3 Å². The fourth-order valence-corrected chi connectivity index (χ4v) is 4.47.